The molecule has 0 bridgehead atoms. The molecular weight excluding hydrogens is 160 g/mol. The second-order valence-corrected chi connectivity index (χ2v) is 3.33. The number of unbranched alkanes of at least 4 members (excludes halogenated alkanes) is 1. The van der Waals surface area contributed by atoms with E-state index in [9.17, 15) is 4.79 Å². The molecule has 0 fully saturated rings. The molecule has 0 saturated heterocycles. The molecule has 13 heavy (non-hydrogen) atoms. The molecule has 0 aliphatic heterocycles. The molecular formula is C12H20O. The van der Waals surface area contributed by atoms with Crippen LogP contribution in [0.4, 0.5) is 0 Å². The van der Waals surface area contributed by atoms with E-state index in [1.807, 2.05) is 6.08 Å². The van der Waals surface area contributed by atoms with E-state index < -0.39 is 0 Å². The molecule has 0 radical (unpaired) electrons. The number of carbonyl (C=O) groups excluding carboxylic acids is 1. The summed E-state index contributed by atoms with van der Waals surface area (Å²) in [7, 11) is 0. The first-order chi connectivity index (χ1) is 6.22. The Balaban J connectivity index is 3.81. The molecule has 0 aromatic heterocycles. The summed E-state index contributed by atoms with van der Waals surface area (Å²) in [6.45, 7) is 7.45. The zero-order chi connectivity index (χ0) is 10.1. The van der Waals surface area contributed by atoms with E-state index in [1.54, 1.807) is 6.92 Å². The summed E-state index contributed by atoms with van der Waals surface area (Å²) < 4.78 is 0. The minimum atomic E-state index is 0.144. The molecule has 1 heteroatoms. The molecule has 74 valence electrons. The summed E-state index contributed by atoms with van der Waals surface area (Å²) in [4.78, 5) is 11.1. The van der Waals surface area contributed by atoms with Gasteiger partial charge >= 0.3 is 0 Å². The first-order valence-corrected chi connectivity index (χ1v) is 4.98. The van der Waals surface area contributed by atoms with E-state index in [0.717, 1.165) is 19.3 Å². The van der Waals surface area contributed by atoms with Crippen LogP contribution in [0.3, 0.4) is 0 Å². The lowest BCUT2D eigenvalue weighted by atomic mass is 9.97. The standard InChI is InChI=1S/C12H20O/c1-4-6-7-8-10-12(9-5-2)11(3)13/h5,7-8,12H,2,4,6,9-10H2,1,3H3/b8-7+. The van der Waals surface area contributed by atoms with Crippen molar-refractivity contribution in [2.45, 2.75) is 39.5 Å². The Morgan fingerprint density at radius 3 is 2.54 bits per heavy atom. The van der Waals surface area contributed by atoms with E-state index in [1.165, 1.54) is 6.42 Å². The monoisotopic (exact) mass is 180 g/mol. The van der Waals surface area contributed by atoms with Gasteiger partial charge in [-0.2, -0.15) is 0 Å². The summed E-state index contributed by atoms with van der Waals surface area (Å²) in [5.74, 6) is 0.409. The number of rotatable bonds is 7. The number of hydrogen-bond acceptors (Lipinski definition) is 1. The molecule has 0 spiro atoms. The normalized spacial score (nSPS) is 13.1. The zero-order valence-electron chi connectivity index (χ0n) is 8.75. The van der Waals surface area contributed by atoms with Crippen LogP contribution in [0.5, 0.6) is 0 Å². The quantitative estimate of drug-likeness (QED) is 0.548. The van der Waals surface area contributed by atoms with Gasteiger partial charge < -0.3 is 0 Å². The summed E-state index contributed by atoms with van der Waals surface area (Å²) in [5, 5.41) is 0. The number of Topliss-reactive ketones (excluding diaryl/α,β-unsaturated/α-hetero) is 1. The van der Waals surface area contributed by atoms with Crippen LogP contribution in [-0.2, 0) is 4.79 Å². The number of ketones is 1. The van der Waals surface area contributed by atoms with Gasteiger partial charge in [-0.3, -0.25) is 4.79 Å². The predicted molar refractivity (Wildman–Crippen MR) is 57.7 cm³/mol. The van der Waals surface area contributed by atoms with Crippen LogP contribution in [0.1, 0.15) is 39.5 Å². The molecule has 0 aromatic carbocycles. The minimum Gasteiger partial charge on any atom is -0.300 e. The zero-order valence-corrected chi connectivity index (χ0v) is 8.75. The van der Waals surface area contributed by atoms with Crippen LogP contribution >= 0.6 is 0 Å². The van der Waals surface area contributed by atoms with Gasteiger partial charge in [-0.15, -0.1) is 6.58 Å². The fraction of sp³-hybridized carbons (Fsp3) is 0.583. The first-order valence-electron chi connectivity index (χ1n) is 4.98. The maximum atomic E-state index is 11.1. The van der Waals surface area contributed by atoms with Gasteiger partial charge in [-0.05, 0) is 26.2 Å². The Bertz CT molecular complexity index is 180. The number of carbonyl (C=O) groups is 1. The van der Waals surface area contributed by atoms with Gasteiger partial charge in [0.2, 0.25) is 0 Å². The summed E-state index contributed by atoms with van der Waals surface area (Å²) in [5.41, 5.74) is 0. The van der Waals surface area contributed by atoms with Gasteiger partial charge in [0.15, 0.2) is 0 Å². The lowest BCUT2D eigenvalue weighted by molar-refractivity contribution is -0.120. The summed E-state index contributed by atoms with van der Waals surface area (Å²) >= 11 is 0. The molecule has 1 nitrogen and oxygen atoms in total. The number of allylic oxidation sites excluding steroid dienone is 3. The SMILES string of the molecule is C=CCC(C/C=C/CCC)C(C)=O. The lowest BCUT2D eigenvalue weighted by Crippen LogP contribution is -2.08. The highest BCUT2D eigenvalue weighted by molar-refractivity contribution is 5.78. The van der Waals surface area contributed by atoms with Crippen molar-refractivity contribution in [2.75, 3.05) is 0 Å². The van der Waals surface area contributed by atoms with Gasteiger partial charge in [0.1, 0.15) is 5.78 Å². The topological polar surface area (TPSA) is 17.1 Å². The average Bonchev–Trinajstić information content (AvgIpc) is 2.10. The van der Waals surface area contributed by atoms with Crippen molar-refractivity contribution in [3.8, 4) is 0 Å². The average molecular weight is 180 g/mol. The van der Waals surface area contributed by atoms with Crippen molar-refractivity contribution in [2.24, 2.45) is 5.92 Å². The number of hydrogen-bond donors (Lipinski definition) is 0. The molecule has 0 rings (SSSR count). The molecule has 0 saturated carbocycles. The van der Waals surface area contributed by atoms with Crippen molar-refractivity contribution in [3.63, 3.8) is 0 Å². The Morgan fingerprint density at radius 2 is 2.08 bits per heavy atom. The first kappa shape index (κ1) is 12.2. The minimum absolute atomic E-state index is 0.144. The van der Waals surface area contributed by atoms with Crippen molar-refractivity contribution in [1.29, 1.82) is 0 Å². The van der Waals surface area contributed by atoms with Gasteiger partial charge in [0, 0.05) is 5.92 Å². The largest absolute Gasteiger partial charge is 0.300 e. The molecule has 1 atom stereocenters. The fourth-order valence-electron chi connectivity index (χ4n) is 1.17. The fourth-order valence-corrected chi connectivity index (χ4v) is 1.17. The Morgan fingerprint density at radius 1 is 1.38 bits per heavy atom. The molecule has 1 unspecified atom stereocenters. The van der Waals surface area contributed by atoms with Crippen molar-refractivity contribution in [3.05, 3.63) is 24.8 Å². The summed E-state index contributed by atoms with van der Waals surface area (Å²) in [6.07, 6.45) is 10.0. The Hall–Kier alpha value is -0.850. The highest BCUT2D eigenvalue weighted by Gasteiger charge is 2.09. The predicted octanol–water partition coefficient (Wildman–Crippen LogP) is 3.51. The molecule has 0 heterocycles. The highest BCUT2D eigenvalue weighted by Crippen LogP contribution is 2.11. The van der Waals surface area contributed by atoms with Crippen molar-refractivity contribution < 1.29 is 4.79 Å². The molecule has 0 aromatic rings. The van der Waals surface area contributed by atoms with E-state index in [0.29, 0.717) is 0 Å². The van der Waals surface area contributed by atoms with Gasteiger partial charge in [-0.25, -0.2) is 0 Å². The summed E-state index contributed by atoms with van der Waals surface area (Å²) in [6, 6.07) is 0. The van der Waals surface area contributed by atoms with Crippen LogP contribution in [-0.4, -0.2) is 5.78 Å². The van der Waals surface area contributed by atoms with Crippen LogP contribution in [0.15, 0.2) is 24.8 Å². The van der Waals surface area contributed by atoms with Crippen LogP contribution < -0.4 is 0 Å². The van der Waals surface area contributed by atoms with E-state index in [-0.39, 0.29) is 11.7 Å². The maximum Gasteiger partial charge on any atom is 0.133 e. The smallest absolute Gasteiger partial charge is 0.133 e. The van der Waals surface area contributed by atoms with Crippen LogP contribution in [0.25, 0.3) is 0 Å². The van der Waals surface area contributed by atoms with E-state index in [2.05, 4.69) is 25.7 Å². The molecule has 0 aliphatic carbocycles. The van der Waals surface area contributed by atoms with Crippen molar-refractivity contribution in [1.82, 2.24) is 0 Å². The molecule has 0 amide bonds. The lowest BCUT2D eigenvalue weighted by Gasteiger charge is -2.07. The van der Waals surface area contributed by atoms with Crippen molar-refractivity contribution >= 4 is 5.78 Å². The van der Waals surface area contributed by atoms with Crippen LogP contribution in [0.2, 0.25) is 0 Å². The highest BCUT2D eigenvalue weighted by atomic mass is 16.1. The van der Waals surface area contributed by atoms with Gasteiger partial charge in [0.05, 0.1) is 0 Å². The third-order valence-electron chi connectivity index (χ3n) is 2.07. The van der Waals surface area contributed by atoms with Gasteiger partial charge in [-0.1, -0.05) is 31.6 Å². The van der Waals surface area contributed by atoms with E-state index >= 15 is 0 Å². The third-order valence-corrected chi connectivity index (χ3v) is 2.07. The second kappa shape index (κ2) is 7.78. The second-order valence-electron chi connectivity index (χ2n) is 3.33. The van der Waals surface area contributed by atoms with Crippen LogP contribution in [0, 0.1) is 5.92 Å². The molecule has 0 N–H and O–H groups in total. The maximum absolute atomic E-state index is 11.1. The van der Waals surface area contributed by atoms with Gasteiger partial charge in [0.25, 0.3) is 0 Å². The van der Waals surface area contributed by atoms with E-state index in [4.69, 9.17) is 0 Å². The third kappa shape index (κ3) is 6.32. The Labute approximate surface area is 81.5 Å². The Kier molecular flexibility index (Phi) is 7.27. The molecule has 0 aliphatic rings.